The predicted molar refractivity (Wildman–Crippen MR) is 127 cm³/mol. The molecule has 1 aromatic heterocycles. The first-order valence-corrected chi connectivity index (χ1v) is 11.1. The molecule has 2 aromatic carbocycles. The van der Waals surface area contributed by atoms with Gasteiger partial charge in [-0.15, -0.1) is 0 Å². The quantitative estimate of drug-likeness (QED) is 0.329. The van der Waals surface area contributed by atoms with Gasteiger partial charge in [0.1, 0.15) is 11.6 Å². The van der Waals surface area contributed by atoms with Gasteiger partial charge in [0.15, 0.2) is 0 Å². The average molecular weight is 463 g/mol. The van der Waals surface area contributed by atoms with E-state index in [2.05, 4.69) is 5.10 Å². The minimum absolute atomic E-state index is 0.0165. The number of para-hydroxylation sites is 1. The lowest BCUT2D eigenvalue weighted by molar-refractivity contribution is -0.139. The van der Waals surface area contributed by atoms with Gasteiger partial charge in [-0.2, -0.15) is 5.10 Å². The second kappa shape index (κ2) is 9.61. The van der Waals surface area contributed by atoms with E-state index in [0.717, 1.165) is 12.2 Å². The summed E-state index contributed by atoms with van der Waals surface area (Å²) in [7, 11) is 3.86. The van der Waals surface area contributed by atoms with Crippen molar-refractivity contribution in [2.24, 2.45) is 0 Å². The van der Waals surface area contributed by atoms with E-state index in [0.29, 0.717) is 29.8 Å². The molecule has 1 saturated heterocycles. The highest BCUT2D eigenvalue weighted by Gasteiger charge is 2.46. The number of aromatic nitrogens is 2. The first kappa shape index (κ1) is 23.4. The number of aliphatic hydroxyl groups excluding tert-OH is 1. The van der Waals surface area contributed by atoms with Crippen molar-refractivity contribution in [3.8, 4) is 5.69 Å². The van der Waals surface area contributed by atoms with Crippen molar-refractivity contribution in [1.82, 2.24) is 19.6 Å². The van der Waals surface area contributed by atoms with Crippen LogP contribution in [-0.2, 0) is 9.59 Å². The minimum atomic E-state index is -0.817. The van der Waals surface area contributed by atoms with Crippen LogP contribution in [0.25, 0.3) is 11.4 Å². The minimum Gasteiger partial charge on any atom is -0.507 e. The fraction of sp³-hybridized carbons (Fsp3) is 0.269. The van der Waals surface area contributed by atoms with Crippen LogP contribution in [-0.4, -0.2) is 63.6 Å². The number of aliphatic hydroxyl groups is 1. The van der Waals surface area contributed by atoms with E-state index in [1.165, 1.54) is 23.2 Å². The second-order valence-corrected chi connectivity index (χ2v) is 8.59. The maximum absolute atomic E-state index is 13.6. The first-order valence-electron chi connectivity index (χ1n) is 11.1. The highest BCUT2D eigenvalue weighted by atomic mass is 19.1. The van der Waals surface area contributed by atoms with Gasteiger partial charge < -0.3 is 14.9 Å². The molecule has 3 aromatic rings. The Bertz CT molecular complexity index is 1230. The number of hydrogen-bond acceptors (Lipinski definition) is 5. The van der Waals surface area contributed by atoms with Gasteiger partial charge >= 0.3 is 0 Å². The molecule has 1 aliphatic heterocycles. The molecule has 1 fully saturated rings. The van der Waals surface area contributed by atoms with Crippen molar-refractivity contribution < 1.29 is 19.1 Å². The maximum Gasteiger partial charge on any atom is 0.295 e. The fourth-order valence-corrected chi connectivity index (χ4v) is 4.28. The summed E-state index contributed by atoms with van der Waals surface area (Å²) in [6.45, 7) is 2.83. The third-order valence-corrected chi connectivity index (χ3v) is 6.00. The molecule has 1 N–H and O–H groups in total. The van der Waals surface area contributed by atoms with Gasteiger partial charge in [-0.25, -0.2) is 9.07 Å². The van der Waals surface area contributed by atoms with Gasteiger partial charge in [0, 0.05) is 6.54 Å². The highest BCUT2D eigenvalue weighted by molar-refractivity contribution is 6.46. The topological polar surface area (TPSA) is 78.7 Å². The molecule has 8 heteroatoms. The molecule has 176 valence electrons. The third-order valence-electron chi connectivity index (χ3n) is 6.00. The van der Waals surface area contributed by atoms with Gasteiger partial charge in [-0.3, -0.25) is 9.59 Å². The molecule has 1 aliphatic rings. The van der Waals surface area contributed by atoms with Gasteiger partial charge in [0.25, 0.3) is 11.7 Å². The maximum atomic E-state index is 13.6. The van der Waals surface area contributed by atoms with Crippen LogP contribution in [0.4, 0.5) is 4.39 Å². The van der Waals surface area contributed by atoms with Crippen LogP contribution in [0.5, 0.6) is 0 Å². The summed E-state index contributed by atoms with van der Waals surface area (Å²) in [5.74, 6) is -2.15. The smallest absolute Gasteiger partial charge is 0.295 e. The van der Waals surface area contributed by atoms with Crippen LogP contribution in [0, 0.1) is 12.7 Å². The SMILES string of the molecule is Cc1c(/C(O)=C2\C(=O)C(=O)N(CCCN(C)C)C2c2ccc(F)cc2)cnn1-c1ccccc1. The fourth-order valence-electron chi connectivity index (χ4n) is 4.28. The molecule has 0 bridgehead atoms. The zero-order valence-electron chi connectivity index (χ0n) is 19.4. The lowest BCUT2D eigenvalue weighted by Crippen LogP contribution is -2.32. The van der Waals surface area contributed by atoms with Crippen LogP contribution in [0.3, 0.4) is 0 Å². The summed E-state index contributed by atoms with van der Waals surface area (Å²) in [4.78, 5) is 29.6. The van der Waals surface area contributed by atoms with Gasteiger partial charge in [0.2, 0.25) is 0 Å². The van der Waals surface area contributed by atoms with Crippen LogP contribution in [0.2, 0.25) is 0 Å². The van der Waals surface area contributed by atoms with Crippen molar-refractivity contribution in [3.05, 3.63) is 89.0 Å². The number of amides is 1. The molecule has 0 saturated carbocycles. The monoisotopic (exact) mass is 462 g/mol. The van der Waals surface area contributed by atoms with E-state index in [1.54, 1.807) is 23.7 Å². The molecule has 2 heterocycles. The van der Waals surface area contributed by atoms with Crippen LogP contribution < -0.4 is 0 Å². The van der Waals surface area contributed by atoms with Crippen molar-refractivity contribution in [1.29, 1.82) is 0 Å². The molecule has 0 aliphatic carbocycles. The van der Waals surface area contributed by atoms with E-state index < -0.39 is 23.5 Å². The number of carbonyl (C=O) groups excluding carboxylic acids is 2. The summed E-state index contributed by atoms with van der Waals surface area (Å²) >= 11 is 0. The number of rotatable bonds is 7. The van der Waals surface area contributed by atoms with E-state index in [4.69, 9.17) is 0 Å². The molecule has 1 amide bonds. The van der Waals surface area contributed by atoms with Crippen LogP contribution >= 0.6 is 0 Å². The summed E-state index contributed by atoms with van der Waals surface area (Å²) in [5, 5.41) is 15.7. The van der Waals surface area contributed by atoms with E-state index >= 15 is 0 Å². The van der Waals surface area contributed by atoms with Gasteiger partial charge in [-0.1, -0.05) is 30.3 Å². The predicted octanol–water partition coefficient (Wildman–Crippen LogP) is 3.69. The number of carbonyl (C=O) groups is 2. The van der Waals surface area contributed by atoms with Gasteiger partial charge in [-0.05, 0) is 63.8 Å². The van der Waals surface area contributed by atoms with Crippen LogP contribution in [0.15, 0.2) is 66.4 Å². The number of likely N-dealkylation sites (tertiary alicyclic amines) is 1. The van der Waals surface area contributed by atoms with Gasteiger partial charge in [0.05, 0.1) is 34.8 Å². The highest BCUT2D eigenvalue weighted by Crippen LogP contribution is 2.40. The number of Topliss-reactive ketones (excluding diaryl/α,β-unsaturated/α-hetero) is 1. The number of benzene rings is 2. The van der Waals surface area contributed by atoms with Crippen molar-refractivity contribution >= 4 is 17.4 Å². The summed E-state index contributed by atoms with van der Waals surface area (Å²) in [6.07, 6.45) is 2.13. The van der Waals surface area contributed by atoms with E-state index in [9.17, 15) is 19.1 Å². The van der Waals surface area contributed by atoms with Crippen molar-refractivity contribution in [3.63, 3.8) is 0 Å². The Morgan fingerprint density at radius 3 is 2.41 bits per heavy atom. The molecular weight excluding hydrogens is 435 g/mol. The lowest BCUT2D eigenvalue weighted by atomic mass is 9.95. The number of ketones is 1. The molecule has 0 radical (unpaired) electrons. The Morgan fingerprint density at radius 2 is 1.76 bits per heavy atom. The second-order valence-electron chi connectivity index (χ2n) is 8.59. The standard InChI is InChI=1S/C26H27FN4O3/c1-17-21(16-28-31(17)20-8-5-4-6-9-20)24(32)22-23(18-10-12-19(27)13-11-18)30(26(34)25(22)33)15-7-14-29(2)3/h4-6,8-13,16,23,32H,7,14-15H2,1-3H3/b24-22+. The first-order chi connectivity index (χ1) is 16.3. The molecule has 7 nitrogen and oxygen atoms in total. The van der Waals surface area contributed by atoms with E-state index in [-0.39, 0.29) is 11.3 Å². The Balaban J connectivity index is 1.80. The number of hydrogen-bond donors (Lipinski definition) is 1. The van der Waals surface area contributed by atoms with Crippen molar-refractivity contribution in [2.75, 3.05) is 27.2 Å². The summed E-state index contributed by atoms with van der Waals surface area (Å²) < 4.78 is 15.3. The third kappa shape index (κ3) is 4.36. The number of nitrogens with zero attached hydrogens (tertiary/aromatic N) is 4. The van der Waals surface area contributed by atoms with E-state index in [1.807, 2.05) is 49.3 Å². The number of halogens is 1. The molecule has 4 rings (SSSR count). The Morgan fingerprint density at radius 1 is 1.09 bits per heavy atom. The Labute approximate surface area is 197 Å². The van der Waals surface area contributed by atoms with Crippen molar-refractivity contribution in [2.45, 2.75) is 19.4 Å². The van der Waals surface area contributed by atoms with Crippen LogP contribution in [0.1, 0.15) is 29.3 Å². The summed E-state index contributed by atoms with van der Waals surface area (Å²) in [6, 6.07) is 14.2. The molecule has 1 atom stereocenters. The zero-order chi connectivity index (χ0) is 24.4. The Kier molecular flexibility index (Phi) is 6.61. The largest absolute Gasteiger partial charge is 0.507 e. The normalized spacial score (nSPS) is 17.7. The lowest BCUT2D eigenvalue weighted by Gasteiger charge is -2.26. The summed E-state index contributed by atoms with van der Waals surface area (Å²) in [5.41, 5.74) is 2.33. The Hall–Kier alpha value is -3.78. The average Bonchev–Trinajstić information content (AvgIpc) is 3.32. The molecule has 1 unspecified atom stereocenters. The molecular formula is C26H27FN4O3. The molecule has 0 spiro atoms. The molecule has 34 heavy (non-hydrogen) atoms. The zero-order valence-corrected chi connectivity index (χ0v) is 19.4.